The number of rotatable bonds is 3. The van der Waals surface area contributed by atoms with Crippen molar-refractivity contribution in [2.24, 2.45) is 0 Å². The van der Waals surface area contributed by atoms with E-state index < -0.39 is 0 Å². The molecule has 0 fully saturated rings. The Morgan fingerprint density at radius 2 is 1.95 bits per heavy atom. The van der Waals surface area contributed by atoms with Crippen LogP contribution in [0.3, 0.4) is 0 Å². The minimum absolute atomic E-state index is 0.500. The van der Waals surface area contributed by atoms with Gasteiger partial charge in [0.1, 0.15) is 0 Å². The molecule has 1 unspecified atom stereocenters. The van der Waals surface area contributed by atoms with Crippen molar-refractivity contribution in [1.82, 2.24) is 14.8 Å². The normalized spacial score (nSPS) is 16.9. The molecule has 0 spiro atoms. The third-order valence-corrected chi connectivity index (χ3v) is 4.05. The zero-order valence-electron chi connectivity index (χ0n) is 11.8. The summed E-state index contributed by atoms with van der Waals surface area (Å²) < 4.78 is 4.19. The quantitative estimate of drug-likeness (QED) is 0.688. The summed E-state index contributed by atoms with van der Waals surface area (Å²) >= 11 is 0. The van der Waals surface area contributed by atoms with Crippen LogP contribution in [0.25, 0.3) is 5.82 Å². The van der Waals surface area contributed by atoms with Gasteiger partial charge in [0.2, 0.25) is 12.1 Å². The number of nitrogens with zero attached hydrogens (tertiary/aromatic N) is 4. The largest absolute Gasteiger partial charge is 0.278 e. The number of aromatic nitrogens is 4. The van der Waals surface area contributed by atoms with Gasteiger partial charge in [0.15, 0.2) is 0 Å². The summed E-state index contributed by atoms with van der Waals surface area (Å²) in [4.78, 5) is 4.36. The zero-order chi connectivity index (χ0) is 14.1. The highest BCUT2D eigenvalue weighted by Crippen LogP contribution is 2.20. The number of hydrogen-bond acceptors (Lipinski definition) is 2. The highest BCUT2D eigenvalue weighted by molar-refractivity contribution is 5.19. The fourth-order valence-electron chi connectivity index (χ4n) is 2.99. The highest BCUT2D eigenvalue weighted by Gasteiger charge is 2.31. The van der Waals surface area contributed by atoms with Crippen molar-refractivity contribution in [2.45, 2.75) is 25.3 Å². The molecule has 0 amide bonds. The number of pyridine rings is 1. The van der Waals surface area contributed by atoms with E-state index in [1.165, 1.54) is 12.0 Å². The predicted octanol–water partition coefficient (Wildman–Crippen LogP) is 2.28. The summed E-state index contributed by atoms with van der Waals surface area (Å²) in [7, 11) is 0. The average molecular weight is 277 g/mol. The van der Waals surface area contributed by atoms with Crippen LogP contribution in [0.4, 0.5) is 0 Å². The maximum Gasteiger partial charge on any atom is 0.278 e. The van der Waals surface area contributed by atoms with Crippen LogP contribution < -0.4 is 4.57 Å². The van der Waals surface area contributed by atoms with E-state index in [0.29, 0.717) is 6.04 Å². The van der Waals surface area contributed by atoms with Gasteiger partial charge < -0.3 is 0 Å². The molecular formula is C17H17N4+. The second-order valence-electron chi connectivity index (χ2n) is 5.45. The summed E-state index contributed by atoms with van der Waals surface area (Å²) in [6, 6.07) is 17.1. The van der Waals surface area contributed by atoms with E-state index in [1.54, 1.807) is 6.20 Å². The SMILES string of the molecule is c1ccc(CC2CCc3nn(-c4ccccn4)c[n+]32)cc1. The Bertz CT molecular complexity index is 734. The van der Waals surface area contributed by atoms with Gasteiger partial charge in [-0.3, -0.25) is 0 Å². The summed E-state index contributed by atoms with van der Waals surface area (Å²) in [5.41, 5.74) is 1.38. The average Bonchev–Trinajstić information content (AvgIpc) is 3.11. The van der Waals surface area contributed by atoms with Gasteiger partial charge in [0, 0.05) is 30.2 Å². The first-order valence-corrected chi connectivity index (χ1v) is 7.35. The van der Waals surface area contributed by atoms with E-state index in [2.05, 4.69) is 51.3 Å². The third-order valence-electron chi connectivity index (χ3n) is 4.05. The molecule has 0 aliphatic carbocycles. The minimum atomic E-state index is 0.500. The molecule has 0 saturated carbocycles. The number of benzene rings is 1. The van der Waals surface area contributed by atoms with Crippen molar-refractivity contribution in [2.75, 3.05) is 0 Å². The predicted molar refractivity (Wildman–Crippen MR) is 79.1 cm³/mol. The maximum atomic E-state index is 4.67. The second-order valence-corrected chi connectivity index (χ2v) is 5.45. The van der Waals surface area contributed by atoms with Gasteiger partial charge >= 0.3 is 0 Å². The molecule has 4 heteroatoms. The van der Waals surface area contributed by atoms with Crippen LogP contribution in [0.1, 0.15) is 23.9 Å². The Labute approximate surface area is 123 Å². The molecule has 2 aromatic heterocycles. The molecule has 4 rings (SSSR count). The number of hydrogen-bond donors (Lipinski definition) is 0. The molecule has 0 bridgehead atoms. The van der Waals surface area contributed by atoms with Crippen molar-refractivity contribution in [3.05, 3.63) is 72.4 Å². The molecule has 1 aliphatic rings. The van der Waals surface area contributed by atoms with Gasteiger partial charge in [-0.2, -0.15) is 0 Å². The molecule has 3 heterocycles. The van der Waals surface area contributed by atoms with Gasteiger partial charge in [0.25, 0.3) is 5.82 Å². The molecule has 4 nitrogen and oxygen atoms in total. The molecule has 1 aliphatic heterocycles. The smallest absolute Gasteiger partial charge is 0.231 e. The molecule has 0 saturated heterocycles. The fraction of sp³-hybridized carbons (Fsp3) is 0.235. The minimum Gasteiger partial charge on any atom is -0.231 e. The zero-order valence-corrected chi connectivity index (χ0v) is 11.8. The molecule has 21 heavy (non-hydrogen) atoms. The summed E-state index contributed by atoms with van der Waals surface area (Å²) in [5.74, 6) is 2.03. The summed E-state index contributed by atoms with van der Waals surface area (Å²) in [6.07, 6.45) is 7.15. The van der Waals surface area contributed by atoms with Crippen LogP contribution >= 0.6 is 0 Å². The van der Waals surface area contributed by atoms with Gasteiger partial charge in [-0.25, -0.2) is 9.55 Å². The topological polar surface area (TPSA) is 34.6 Å². The lowest BCUT2D eigenvalue weighted by molar-refractivity contribution is -0.716. The van der Waals surface area contributed by atoms with Crippen LogP contribution in [0, 0.1) is 0 Å². The van der Waals surface area contributed by atoms with Crippen LogP contribution in [0.5, 0.6) is 0 Å². The fourth-order valence-corrected chi connectivity index (χ4v) is 2.99. The highest BCUT2D eigenvalue weighted by atomic mass is 15.4. The molecule has 1 atom stereocenters. The van der Waals surface area contributed by atoms with Crippen LogP contribution in [0.15, 0.2) is 61.1 Å². The number of fused-ring (bicyclic) bond motifs is 1. The lowest BCUT2D eigenvalue weighted by atomic mass is 10.0. The first-order chi connectivity index (χ1) is 10.4. The first-order valence-electron chi connectivity index (χ1n) is 7.35. The molecular weight excluding hydrogens is 260 g/mol. The van der Waals surface area contributed by atoms with Crippen molar-refractivity contribution in [1.29, 1.82) is 0 Å². The van der Waals surface area contributed by atoms with E-state index >= 15 is 0 Å². The number of aryl methyl sites for hydroxylation is 1. The standard InChI is InChI=1S/C17H17N4/c1-2-6-14(7-3-1)12-15-9-10-17-19-21(13-20(15)17)16-8-4-5-11-18-16/h1-8,11,13,15H,9-10,12H2/q+1. The van der Waals surface area contributed by atoms with Gasteiger partial charge in [0.05, 0.1) is 6.04 Å². The Hall–Kier alpha value is -2.49. The molecule has 1 aromatic carbocycles. The van der Waals surface area contributed by atoms with E-state index in [9.17, 15) is 0 Å². The second kappa shape index (κ2) is 5.13. The lowest BCUT2D eigenvalue weighted by Crippen LogP contribution is -2.37. The van der Waals surface area contributed by atoms with Gasteiger partial charge in [-0.15, -0.1) is 0 Å². The Morgan fingerprint density at radius 3 is 2.76 bits per heavy atom. The molecule has 3 aromatic rings. The van der Waals surface area contributed by atoms with Crippen molar-refractivity contribution in [3.63, 3.8) is 0 Å². The summed E-state index contributed by atoms with van der Waals surface area (Å²) in [6.45, 7) is 0. The van der Waals surface area contributed by atoms with E-state index in [1.807, 2.05) is 22.9 Å². The Balaban J connectivity index is 1.62. The van der Waals surface area contributed by atoms with Crippen molar-refractivity contribution >= 4 is 0 Å². The maximum absolute atomic E-state index is 4.67. The first kappa shape index (κ1) is 12.3. The van der Waals surface area contributed by atoms with E-state index in [4.69, 9.17) is 0 Å². The third kappa shape index (κ3) is 2.33. The van der Waals surface area contributed by atoms with Crippen LogP contribution in [-0.4, -0.2) is 14.8 Å². The van der Waals surface area contributed by atoms with E-state index in [-0.39, 0.29) is 0 Å². The van der Waals surface area contributed by atoms with Gasteiger partial charge in [-0.1, -0.05) is 41.1 Å². The molecule has 0 radical (unpaired) electrons. The van der Waals surface area contributed by atoms with Crippen LogP contribution in [-0.2, 0) is 12.8 Å². The van der Waals surface area contributed by atoms with Crippen molar-refractivity contribution < 1.29 is 4.57 Å². The Kier molecular flexibility index (Phi) is 2.99. The Morgan fingerprint density at radius 1 is 1.10 bits per heavy atom. The van der Waals surface area contributed by atoms with Crippen LogP contribution in [0.2, 0.25) is 0 Å². The molecule has 0 N–H and O–H groups in total. The van der Waals surface area contributed by atoms with Crippen molar-refractivity contribution in [3.8, 4) is 5.82 Å². The van der Waals surface area contributed by atoms with Gasteiger partial charge in [-0.05, 0) is 18.1 Å². The monoisotopic (exact) mass is 277 g/mol. The molecule has 104 valence electrons. The van der Waals surface area contributed by atoms with E-state index in [0.717, 1.165) is 24.5 Å². The summed E-state index contributed by atoms with van der Waals surface area (Å²) in [5, 5.41) is 4.67. The lowest BCUT2D eigenvalue weighted by Gasteiger charge is -2.08.